The maximum Gasteiger partial charge on any atom is 0.252 e. The summed E-state index contributed by atoms with van der Waals surface area (Å²) >= 11 is 0. The standard InChI is InChI=1S/C40H70O3/c1-7-8-9-10-11-12-13-14-15-16-20-31-27-33(43-38(41)42)28-32-21-22-34-36-24-23-35(30(4)19-17-18-29(2)3)39(36,5)26-25-37(34)40(31,32)6/h21,29-31,33-37H,7-20,22-28H2,1-6H3,(H,41,42)/p-1/t30-,31?,33+,34+,35-,36+,37+,39-,40+/m1/s1. The van der Waals surface area contributed by atoms with E-state index in [-0.39, 0.29) is 11.5 Å². The summed E-state index contributed by atoms with van der Waals surface area (Å²) in [7, 11) is 0. The molecular weight excluding hydrogens is 528 g/mol. The van der Waals surface area contributed by atoms with Crippen LogP contribution in [-0.2, 0) is 4.74 Å². The Morgan fingerprint density at radius 2 is 1.58 bits per heavy atom. The van der Waals surface area contributed by atoms with Gasteiger partial charge in [0.15, 0.2) is 0 Å². The molecule has 43 heavy (non-hydrogen) atoms. The Hall–Kier alpha value is -0.990. The Morgan fingerprint density at radius 1 is 0.907 bits per heavy atom. The molecule has 0 N–H and O–H groups in total. The Balaban J connectivity index is 1.40. The van der Waals surface area contributed by atoms with Crippen LogP contribution < -0.4 is 5.11 Å². The minimum Gasteiger partial charge on any atom is -0.546 e. The molecule has 3 fully saturated rings. The van der Waals surface area contributed by atoms with Crippen molar-refractivity contribution in [1.82, 2.24) is 0 Å². The summed E-state index contributed by atoms with van der Waals surface area (Å²) < 4.78 is 5.39. The number of fused-ring (bicyclic) bond motifs is 5. The van der Waals surface area contributed by atoms with Gasteiger partial charge in [0, 0.05) is 6.10 Å². The van der Waals surface area contributed by atoms with Gasteiger partial charge in [-0.3, -0.25) is 0 Å². The van der Waals surface area contributed by atoms with Crippen molar-refractivity contribution in [2.24, 2.45) is 52.3 Å². The summed E-state index contributed by atoms with van der Waals surface area (Å²) in [5, 5.41) is 11.5. The minimum absolute atomic E-state index is 0.205. The van der Waals surface area contributed by atoms with Gasteiger partial charge in [-0.1, -0.05) is 137 Å². The van der Waals surface area contributed by atoms with Crippen molar-refractivity contribution in [2.45, 2.75) is 182 Å². The predicted molar refractivity (Wildman–Crippen MR) is 179 cm³/mol. The second-order valence-electron chi connectivity index (χ2n) is 16.8. The maximum absolute atomic E-state index is 11.5. The Kier molecular flexibility index (Phi) is 13.0. The van der Waals surface area contributed by atoms with Crippen LogP contribution in [0.3, 0.4) is 0 Å². The zero-order valence-corrected chi connectivity index (χ0v) is 29.3. The molecule has 4 aliphatic carbocycles. The molecule has 3 nitrogen and oxygen atoms in total. The summed E-state index contributed by atoms with van der Waals surface area (Å²) in [5.41, 5.74) is 2.24. The van der Waals surface area contributed by atoms with Crippen LogP contribution in [0.5, 0.6) is 0 Å². The summed E-state index contributed by atoms with van der Waals surface area (Å²) in [4.78, 5) is 11.5. The van der Waals surface area contributed by atoms with E-state index >= 15 is 0 Å². The van der Waals surface area contributed by atoms with E-state index < -0.39 is 6.16 Å². The predicted octanol–water partition coefficient (Wildman–Crippen LogP) is 11.3. The largest absolute Gasteiger partial charge is 0.546 e. The van der Waals surface area contributed by atoms with Gasteiger partial charge in [0.25, 0.3) is 6.16 Å². The minimum atomic E-state index is -1.34. The monoisotopic (exact) mass is 598 g/mol. The first-order valence-corrected chi connectivity index (χ1v) is 19.2. The Morgan fingerprint density at radius 3 is 2.23 bits per heavy atom. The van der Waals surface area contributed by atoms with Crippen LogP contribution in [0.4, 0.5) is 4.79 Å². The van der Waals surface area contributed by atoms with Gasteiger partial charge < -0.3 is 14.6 Å². The number of allylic oxidation sites excluding steroid dienone is 1. The number of hydrogen-bond acceptors (Lipinski definition) is 3. The van der Waals surface area contributed by atoms with E-state index in [0.29, 0.717) is 11.3 Å². The summed E-state index contributed by atoms with van der Waals surface area (Å²) in [6.45, 7) is 14.9. The first-order chi connectivity index (χ1) is 20.6. The van der Waals surface area contributed by atoms with Crippen LogP contribution in [0.2, 0.25) is 0 Å². The van der Waals surface area contributed by atoms with E-state index in [4.69, 9.17) is 4.74 Å². The van der Waals surface area contributed by atoms with E-state index in [2.05, 4.69) is 47.6 Å². The van der Waals surface area contributed by atoms with E-state index in [1.807, 2.05) is 0 Å². The van der Waals surface area contributed by atoms with Gasteiger partial charge in [0.1, 0.15) is 0 Å². The molecule has 0 saturated heterocycles. The average Bonchev–Trinajstić information content (AvgIpc) is 3.31. The van der Waals surface area contributed by atoms with E-state index in [1.165, 1.54) is 128 Å². The third kappa shape index (κ3) is 8.24. The van der Waals surface area contributed by atoms with E-state index in [1.54, 1.807) is 0 Å². The lowest BCUT2D eigenvalue weighted by atomic mass is 9.44. The molecule has 4 aliphatic rings. The van der Waals surface area contributed by atoms with Gasteiger partial charge in [-0.2, -0.15) is 0 Å². The first-order valence-electron chi connectivity index (χ1n) is 19.2. The highest BCUT2D eigenvalue weighted by molar-refractivity contribution is 5.54. The molecule has 0 heterocycles. The van der Waals surface area contributed by atoms with Crippen LogP contribution >= 0.6 is 0 Å². The highest BCUT2D eigenvalue weighted by atomic mass is 16.7. The molecule has 0 amide bonds. The maximum atomic E-state index is 11.5. The molecular formula is C40H69O3-. The quantitative estimate of drug-likeness (QED) is 0.0952. The van der Waals surface area contributed by atoms with E-state index in [9.17, 15) is 9.90 Å². The molecule has 3 heteroatoms. The van der Waals surface area contributed by atoms with Crippen LogP contribution in [0.15, 0.2) is 11.6 Å². The number of carbonyl (C=O) groups is 1. The molecule has 0 aromatic heterocycles. The van der Waals surface area contributed by atoms with E-state index in [0.717, 1.165) is 48.3 Å². The lowest BCUT2D eigenvalue weighted by Gasteiger charge is -2.61. The molecule has 0 bridgehead atoms. The summed E-state index contributed by atoms with van der Waals surface area (Å²) in [5.74, 6) is 5.48. The van der Waals surface area contributed by atoms with Crippen molar-refractivity contribution in [3.63, 3.8) is 0 Å². The molecule has 0 aromatic rings. The topological polar surface area (TPSA) is 49.4 Å². The van der Waals surface area contributed by atoms with Gasteiger partial charge in [0.05, 0.1) is 0 Å². The molecule has 1 unspecified atom stereocenters. The zero-order chi connectivity index (χ0) is 31.0. The van der Waals surface area contributed by atoms with Crippen LogP contribution in [0.1, 0.15) is 176 Å². The SMILES string of the molecule is CCCCCCCCCCCCC1C[C@H](OC(=O)[O-])CC2=CC[C@H]3[C@@H]4CC[C@H]([C@H](C)CCCC(C)C)[C@@]4(C)CC[C@@H]3[C@]21C. The fourth-order valence-electron chi connectivity index (χ4n) is 11.4. The van der Waals surface area contributed by atoms with Gasteiger partial charge in [-0.05, 0) is 104 Å². The third-order valence-electron chi connectivity index (χ3n) is 13.7. The highest BCUT2D eigenvalue weighted by Crippen LogP contribution is 2.68. The van der Waals surface area contributed by atoms with Gasteiger partial charge in [0.2, 0.25) is 0 Å². The number of hydrogen-bond donors (Lipinski definition) is 0. The fourth-order valence-corrected chi connectivity index (χ4v) is 11.4. The number of unbranched alkanes of at least 4 members (excludes halogenated alkanes) is 9. The third-order valence-corrected chi connectivity index (χ3v) is 13.7. The van der Waals surface area contributed by atoms with Gasteiger partial charge in [-0.25, -0.2) is 0 Å². The number of carboxylic acid groups (broad SMARTS) is 1. The lowest BCUT2D eigenvalue weighted by molar-refractivity contribution is -0.289. The summed E-state index contributed by atoms with van der Waals surface area (Å²) in [6, 6.07) is 0. The van der Waals surface area contributed by atoms with Gasteiger partial charge in [-0.15, -0.1) is 0 Å². The van der Waals surface area contributed by atoms with Crippen LogP contribution in [0.25, 0.3) is 0 Å². The number of rotatable bonds is 17. The first kappa shape index (κ1) is 34.9. The molecule has 9 atom stereocenters. The zero-order valence-electron chi connectivity index (χ0n) is 29.3. The van der Waals surface area contributed by atoms with Crippen molar-refractivity contribution < 1.29 is 14.6 Å². The number of carbonyl (C=O) groups excluding carboxylic acids is 1. The normalized spacial score (nSPS) is 36.0. The molecule has 0 aliphatic heterocycles. The number of ether oxygens (including phenoxy) is 1. The molecule has 3 saturated carbocycles. The van der Waals surface area contributed by atoms with Crippen LogP contribution in [-0.4, -0.2) is 12.3 Å². The van der Waals surface area contributed by atoms with Crippen molar-refractivity contribution in [3.8, 4) is 0 Å². The highest BCUT2D eigenvalue weighted by Gasteiger charge is 2.60. The summed E-state index contributed by atoms with van der Waals surface area (Å²) in [6.07, 6.45) is 28.5. The van der Waals surface area contributed by atoms with Gasteiger partial charge >= 0.3 is 0 Å². The second kappa shape index (κ2) is 16.0. The molecule has 0 radical (unpaired) electrons. The second-order valence-corrected chi connectivity index (χ2v) is 16.8. The van der Waals surface area contributed by atoms with Crippen LogP contribution in [0, 0.1) is 52.3 Å². The molecule has 248 valence electrons. The average molecular weight is 598 g/mol. The Labute approximate surface area is 266 Å². The smallest absolute Gasteiger partial charge is 0.252 e. The fraction of sp³-hybridized carbons (Fsp3) is 0.925. The van der Waals surface area contributed by atoms with Crippen molar-refractivity contribution in [3.05, 3.63) is 11.6 Å². The lowest BCUT2D eigenvalue weighted by Crippen LogP contribution is -2.54. The Bertz CT molecular complexity index is 892. The van der Waals surface area contributed by atoms with Crippen molar-refractivity contribution in [1.29, 1.82) is 0 Å². The van der Waals surface area contributed by atoms with Crippen molar-refractivity contribution >= 4 is 6.16 Å². The molecule has 0 spiro atoms. The molecule has 4 rings (SSSR count). The van der Waals surface area contributed by atoms with Crippen molar-refractivity contribution in [2.75, 3.05) is 0 Å². The molecule has 0 aromatic carbocycles.